The van der Waals surface area contributed by atoms with Gasteiger partial charge in [-0.1, -0.05) is 10.3 Å². The average Bonchev–Trinajstić information content (AvgIpc) is 2.98. The van der Waals surface area contributed by atoms with Crippen molar-refractivity contribution in [2.45, 2.75) is 18.4 Å². The van der Waals surface area contributed by atoms with E-state index in [1.165, 1.54) is 11.8 Å². The van der Waals surface area contributed by atoms with Crippen LogP contribution in [0.4, 0.5) is 0 Å². The van der Waals surface area contributed by atoms with Gasteiger partial charge in [-0.3, -0.25) is 4.79 Å². The first kappa shape index (κ1) is 12.6. The number of amides is 1. The van der Waals surface area contributed by atoms with Crippen LogP contribution in [0.15, 0.2) is 15.9 Å². The fourth-order valence-corrected chi connectivity index (χ4v) is 1.88. The maximum Gasteiger partial charge on any atom is 0.226 e. The zero-order chi connectivity index (χ0) is 12.8. The van der Waals surface area contributed by atoms with Gasteiger partial charge in [-0.15, -0.1) is 16.9 Å². The van der Waals surface area contributed by atoms with Gasteiger partial charge in [-0.2, -0.15) is 10.3 Å². The van der Waals surface area contributed by atoms with Gasteiger partial charge >= 0.3 is 0 Å². The molecule has 0 radical (unpaired) electrons. The lowest BCUT2D eigenvalue weighted by Gasteiger charge is -2.02. The number of carbonyl (C=O) groups excluding carboxylic acids is 1. The van der Waals surface area contributed by atoms with Gasteiger partial charge in [0.15, 0.2) is 0 Å². The number of rotatable bonds is 6. The van der Waals surface area contributed by atoms with Gasteiger partial charge in [0.25, 0.3) is 0 Å². The van der Waals surface area contributed by atoms with Gasteiger partial charge in [-0.25, -0.2) is 4.63 Å². The Morgan fingerprint density at radius 3 is 3.11 bits per heavy atom. The molecule has 0 saturated heterocycles. The van der Waals surface area contributed by atoms with E-state index >= 15 is 0 Å². The van der Waals surface area contributed by atoms with E-state index in [1.54, 1.807) is 13.1 Å². The molecule has 2 rings (SSSR count). The first-order valence-electron chi connectivity index (χ1n) is 5.29. The van der Waals surface area contributed by atoms with Crippen LogP contribution in [0, 0.1) is 6.92 Å². The molecular weight excluding hydrogens is 256 g/mol. The van der Waals surface area contributed by atoms with Gasteiger partial charge in [0.2, 0.25) is 5.91 Å². The van der Waals surface area contributed by atoms with Crippen molar-refractivity contribution in [2.24, 2.45) is 0 Å². The number of H-pyrrole nitrogens is 1. The van der Waals surface area contributed by atoms with Crippen molar-refractivity contribution in [1.82, 2.24) is 31.0 Å². The summed E-state index contributed by atoms with van der Waals surface area (Å²) in [6.45, 7) is 2.31. The number of aromatic amines is 1. The minimum absolute atomic E-state index is 0.102. The molecular formula is C9H12N6O2S. The van der Waals surface area contributed by atoms with Crippen LogP contribution in [0.5, 0.6) is 0 Å². The third kappa shape index (κ3) is 3.55. The Kier molecular flexibility index (Phi) is 4.29. The summed E-state index contributed by atoms with van der Waals surface area (Å²) in [5.74, 6) is 0.628. The van der Waals surface area contributed by atoms with Crippen molar-refractivity contribution in [1.29, 1.82) is 0 Å². The number of carbonyl (C=O) groups is 1. The lowest BCUT2D eigenvalue weighted by molar-refractivity contribution is -0.120. The molecule has 0 bridgehead atoms. The highest BCUT2D eigenvalue weighted by Gasteiger charge is 2.10. The molecule has 18 heavy (non-hydrogen) atoms. The van der Waals surface area contributed by atoms with Gasteiger partial charge in [0.1, 0.15) is 16.4 Å². The van der Waals surface area contributed by atoms with Crippen molar-refractivity contribution in [3.05, 3.63) is 17.6 Å². The summed E-state index contributed by atoms with van der Waals surface area (Å²) in [6, 6.07) is 0. The Morgan fingerprint density at radius 1 is 1.56 bits per heavy atom. The largest absolute Gasteiger partial charge is 0.355 e. The molecule has 0 atom stereocenters. The van der Waals surface area contributed by atoms with Gasteiger partial charge < -0.3 is 5.32 Å². The number of thioether (sulfide) groups is 1. The van der Waals surface area contributed by atoms with Crippen LogP contribution in [0.1, 0.15) is 11.4 Å². The van der Waals surface area contributed by atoms with Crippen LogP contribution in [-0.4, -0.2) is 43.9 Å². The van der Waals surface area contributed by atoms with E-state index in [4.69, 9.17) is 0 Å². The minimum atomic E-state index is -0.102. The molecule has 0 aliphatic carbocycles. The van der Waals surface area contributed by atoms with E-state index in [0.717, 1.165) is 10.8 Å². The zero-order valence-corrected chi connectivity index (χ0v) is 10.5. The number of aryl methyl sites for hydroxylation is 1. The molecule has 9 heteroatoms. The summed E-state index contributed by atoms with van der Waals surface area (Å²) in [6.07, 6.45) is 1.82. The predicted molar refractivity (Wildman–Crippen MR) is 62.9 cm³/mol. The molecule has 0 unspecified atom stereocenters. The number of hydrogen-bond acceptors (Lipinski definition) is 7. The fourth-order valence-electron chi connectivity index (χ4n) is 1.23. The van der Waals surface area contributed by atoms with E-state index in [-0.39, 0.29) is 12.3 Å². The summed E-state index contributed by atoms with van der Waals surface area (Å²) < 4.78 is 4.52. The maximum absolute atomic E-state index is 11.6. The Morgan fingerprint density at radius 2 is 2.44 bits per heavy atom. The highest BCUT2D eigenvalue weighted by atomic mass is 32.2. The molecule has 96 valence electrons. The molecule has 0 saturated carbocycles. The Labute approximate surface area is 107 Å². The molecule has 0 aliphatic rings. The van der Waals surface area contributed by atoms with E-state index in [1.807, 2.05) is 0 Å². The molecule has 2 aromatic heterocycles. The van der Waals surface area contributed by atoms with Crippen LogP contribution >= 0.6 is 11.8 Å². The number of hydrogen-bond donors (Lipinski definition) is 2. The van der Waals surface area contributed by atoms with Crippen molar-refractivity contribution in [3.8, 4) is 0 Å². The van der Waals surface area contributed by atoms with E-state index in [9.17, 15) is 4.79 Å². The van der Waals surface area contributed by atoms with Crippen LogP contribution in [0.2, 0.25) is 0 Å². The molecule has 2 heterocycles. The first-order valence-corrected chi connectivity index (χ1v) is 6.27. The van der Waals surface area contributed by atoms with Crippen LogP contribution in [0.3, 0.4) is 0 Å². The summed E-state index contributed by atoms with van der Waals surface area (Å²) in [5.41, 5.74) is 1.21. The molecule has 2 N–H and O–H groups in total. The minimum Gasteiger partial charge on any atom is -0.355 e. The topological polar surface area (TPSA) is 110 Å². The predicted octanol–water partition coefficient (Wildman–Crippen LogP) is -0.0529. The average molecular weight is 268 g/mol. The van der Waals surface area contributed by atoms with Crippen molar-refractivity contribution < 1.29 is 9.42 Å². The standard InChI is InChI=1S/C9H12N6O2S/c1-6-7(14-17-13-6)4-8(16)10-2-3-18-9-5-11-15-12-9/h5H,2-4H2,1H3,(H,10,16)(H,11,12,15). The molecule has 0 spiro atoms. The second kappa shape index (κ2) is 6.15. The summed E-state index contributed by atoms with van der Waals surface area (Å²) in [7, 11) is 0. The second-order valence-corrected chi connectivity index (χ2v) is 4.59. The lowest BCUT2D eigenvalue weighted by Crippen LogP contribution is -2.27. The highest BCUT2D eigenvalue weighted by molar-refractivity contribution is 7.99. The number of aromatic nitrogens is 5. The van der Waals surface area contributed by atoms with Gasteiger partial charge in [0.05, 0.1) is 12.6 Å². The first-order chi connectivity index (χ1) is 8.75. The maximum atomic E-state index is 11.6. The molecule has 2 aromatic rings. The third-order valence-electron chi connectivity index (χ3n) is 2.14. The van der Waals surface area contributed by atoms with Crippen molar-refractivity contribution in [2.75, 3.05) is 12.3 Å². The smallest absolute Gasteiger partial charge is 0.226 e. The van der Waals surface area contributed by atoms with Crippen LogP contribution in [-0.2, 0) is 11.2 Å². The number of nitrogens with one attached hydrogen (secondary N) is 2. The van der Waals surface area contributed by atoms with Crippen LogP contribution in [0.25, 0.3) is 0 Å². The van der Waals surface area contributed by atoms with E-state index in [0.29, 0.717) is 17.9 Å². The van der Waals surface area contributed by atoms with Gasteiger partial charge in [0, 0.05) is 12.3 Å². The van der Waals surface area contributed by atoms with E-state index in [2.05, 4.69) is 35.7 Å². The lowest BCUT2D eigenvalue weighted by atomic mass is 10.2. The summed E-state index contributed by atoms with van der Waals surface area (Å²) >= 11 is 1.51. The van der Waals surface area contributed by atoms with Gasteiger partial charge in [-0.05, 0) is 6.92 Å². The molecule has 0 fully saturated rings. The SMILES string of the molecule is Cc1nonc1CC(=O)NCCSc1cn[nH]n1. The zero-order valence-electron chi connectivity index (χ0n) is 9.71. The Hall–Kier alpha value is -1.90. The number of nitrogens with zero attached hydrogens (tertiary/aromatic N) is 4. The van der Waals surface area contributed by atoms with Crippen molar-refractivity contribution >= 4 is 17.7 Å². The Bertz CT molecular complexity index is 497. The summed E-state index contributed by atoms with van der Waals surface area (Å²) in [4.78, 5) is 11.6. The van der Waals surface area contributed by atoms with E-state index < -0.39 is 0 Å². The Balaban J connectivity index is 1.65. The highest BCUT2D eigenvalue weighted by Crippen LogP contribution is 2.10. The third-order valence-corrected chi connectivity index (χ3v) is 3.04. The molecule has 1 amide bonds. The van der Waals surface area contributed by atoms with Crippen molar-refractivity contribution in [3.63, 3.8) is 0 Å². The molecule has 0 aromatic carbocycles. The molecule has 0 aliphatic heterocycles. The summed E-state index contributed by atoms with van der Waals surface area (Å²) in [5, 5.41) is 20.9. The fraction of sp³-hybridized carbons (Fsp3) is 0.444. The monoisotopic (exact) mass is 268 g/mol. The second-order valence-electron chi connectivity index (χ2n) is 3.48. The van der Waals surface area contributed by atoms with Crippen LogP contribution < -0.4 is 5.32 Å². The quantitative estimate of drug-likeness (QED) is 0.558. The molecule has 8 nitrogen and oxygen atoms in total. The normalized spacial score (nSPS) is 10.5.